The number of thiol groups is 1. The zero-order valence-corrected chi connectivity index (χ0v) is 22.8. The summed E-state index contributed by atoms with van der Waals surface area (Å²) in [5.74, 6) is 1.10. The molecule has 1 amide bonds. The molecule has 2 aromatic rings. The predicted octanol–water partition coefficient (Wildman–Crippen LogP) is 2.51. The highest BCUT2D eigenvalue weighted by Crippen LogP contribution is 2.48. The second-order valence-electron chi connectivity index (χ2n) is 10.7. The van der Waals surface area contributed by atoms with E-state index in [1.54, 1.807) is 0 Å². The Labute approximate surface area is 222 Å². The first kappa shape index (κ1) is 27.9. The normalized spacial score (nSPS) is 28.2. The van der Waals surface area contributed by atoms with Gasteiger partial charge in [0.1, 0.15) is 11.9 Å². The smallest absolute Gasteiger partial charge is 0.237 e. The Morgan fingerprint density at radius 1 is 1.11 bits per heavy atom. The fraction of sp³-hybridized carbons (Fsp3) is 0.552. The van der Waals surface area contributed by atoms with Crippen molar-refractivity contribution in [1.29, 1.82) is 0 Å². The Kier molecular flexibility index (Phi) is 9.19. The molecule has 1 saturated heterocycles. The van der Waals surface area contributed by atoms with Crippen molar-refractivity contribution in [3.05, 3.63) is 64.7 Å². The lowest BCUT2D eigenvalue weighted by Gasteiger charge is -2.42. The van der Waals surface area contributed by atoms with Crippen LogP contribution in [0.15, 0.2) is 42.5 Å². The number of nitrogens with two attached hydrogens (primary N) is 1. The van der Waals surface area contributed by atoms with Gasteiger partial charge in [0.25, 0.3) is 0 Å². The average Bonchev–Trinajstić information content (AvgIpc) is 3.36. The molecule has 2 aliphatic rings. The number of nitrogens with one attached hydrogen (secondary N) is 1. The highest BCUT2D eigenvalue weighted by atomic mass is 32.2. The van der Waals surface area contributed by atoms with E-state index in [4.69, 9.17) is 10.5 Å². The molecule has 6 N–H and O–H groups in total. The molecule has 8 heteroatoms. The highest BCUT2D eigenvalue weighted by molar-refractivity contribution is 8.16. The molecule has 0 radical (unpaired) electrons. The number of aryl methyl sites for hydroxylation is 1. The third-order valence-electron chi connectivity index (χ3n) is 8.03. The molecule has 1 aliphatic carbocycles. The van der Waals surface area contributed by atoms with Gasteiger partial charge in [-0.1, -0.05) is 43.2 Å². The lowest BCUT2D eigenvalue weighted by atomic mass is 9.94. The third-order valence-corrected chi connectivity index (χ3v) is 10.5. The third kappa shape index (κ3) is 6.49. The molecule has 2 unspecified atom stereocenters. The SMILES string of the molecule is Cc1ccc(C2[C@H](O)[C@H](O)[C@H](O)C[SH]2C)cc1Cc1ccc(OCCCNC2(C(N)=O)CCCC2)cc1. The van der Waals surface area contributed by atoms with Crippen LogP contribution < -0.4 is 15.8 Å². The van der Waals surface area contributed by atoms with Crippen LogP contribution in [0.3, 0.4) is 0 Å². The van der Waals surface area contributed by atoms with Crippen LogP contribution in [-0.2, 0) is 11.2 Å². The number of ether oxygens (including phenoxy) is 1. The van der Waals surface area contributed by atoms with E-state index in [9.17, 15) is 20.1 Å². The average molecular weight is 531 g/mol. The largest absolute Gasteiger partial charge is 0.494 e. The maximum absolute atomic E-state index is 11.8. The summed E-state index contributed by atoms with van der Waals surface area (Å²) in [6, 6.07) is 14.4. The Balaban J connectivity index is 1.31. The van der Waals surface area contributed by atoms with Crippen LogP contribution in [0.25, 0.3) is 0 Å². The summed E-state index contributed by atoms with van der Waals surface area (Å²) in [6.45, 7) is 3.35. The fourth-order valence-electron chi connectivity index (χ4n) is 5.71. The number of carbonyl (C=O) groups is 1. The summed E-state index contributed by atoms with van der Waals surface area (Å²) < 4.78 is 5.91. The van der Waals surface area contributed by atoms with Gasteiger partial charge in [0.15, 0.2) is 0 Å². The number of primary amides is 1. The summed E-state index contributed by atoms with van der Waals surface area (Å²) in [4.78, 5) is 11.8. The van der Waals surface area contributed by atoms with Gasteiger partial charge in [0, 0.05) is 11.0 Å². The van der Waals surface area contributed by atoms with Gasteiger partial charge in [-0.15, -0.1) is 0 Å². The number of hydrogen-bond donors (Lipinski definition) is 6. The topological polar surface area (TPSA) is 125 Å². The highest BCUT2D eigenvalue weighted by Gasteiger charge is 2.40. The molecule has 1 heterocycles. The fourth-order valence-corrected chi connectivity index (χ4v) is 8.11. The van der Waals surface area contributed by atoms with E-state index in [2.05, 4.69) is 42.8 Å². The van der Waals surface area contributed by atoms with Crippen LogP contribution in [-0.4, -0.2) is 70.2 Å². The van der Waals surface area contributed by atoms with Crippen LogP contribution in [0.5, 0.6) is 5.75 Å². The van der Waals surface area contributed by atoms with Crippen LogP contribution in [0, 0.1) is 6.92 Å². The summed E-state index contributed by atoms with van der Waals surface area (Å²) >= 11 is 0. The molecule has 4 rings (SSSR count). The molecular formula is C29H42N2O5S. The van der Waals surface area contributed by atoms with Crippen molar-refractivity contribution in [2.45, 2.75) is 74.5 Å². The van der Waals surface area contributed by atoms with Crippen molar-refractivity contribution in [1.82, 2.24) is 5.32 Å². The van der Waals surface area contributed by atoms with E-state index >= 15 is 0 Å². The molecule has 0 spiro atoms. The van der Waals surface area contributed by atoms with E-state index in [0.717, 1.165) is 55.4 Å². The van der Waals surface area contributed by atoms with E-state index < -0.39 is 34.7 Å². The molecule has 7 nitrogen and oxygen atoms in total. The van der Waals surface area contributed by atoms with Gasteiger partial charge in [-0.05, 0) is 79.8 Å². The predicted molar refractivity (Wildman–Crippen MR) is 149 cm³/mol. The van der Waals surface area contributed by atoms with E-state index in [1.807, 2.05) is 18.2 Å². The molecule has 0 bridgehead atoms. The van der Waals surface area contributed by atoms with Crippen molar-refractivity contribution >= 4 is 16.8 Å². The van der Waals surface area contributed by atoms with Gasteiger partial charge in [0.2, 0.25) is 5.91 Å². The van der Waals surface area contributed by atoms with Gasteiger partial charge in [-0.2, -0.15) is 0 Å². The quantitative estimate of drug-likeness (QED) is 0.207. The van der Waals surface area contributed by atoms with Gasteiger partial charge >= 0.3 is 0 Å². The molecule has 204 valence electrons. The molecule has 2 fully saturated rings. The lowest BCUT2D eigenvalue weighted by Crippen LogP contribution is -2.53. The zero-order valence-electron chi connectivity index (χ0n) is 21.9. The molecule has 1 aliphatic heterocycles. The number of benzene rings is 2. The molecule has 37 heavy (non-hydrogen) atoms. The Bertz CT molecular complexity index is 1060. The van der Waals surface area contributed by atoms with Gasteiger partial charge in [-0.3, -0.25) is 4.79 Å². The number of hydrogen-bond acceptors (Lipinski definition) is 6. The number of rotatable bonds is 10. The van der Waals surface area contributed by atoms with Gasteiger partial charge in [-0.25, -0.2) is 10.9 Å². The first-order valence-corrected chi connectivity index (χ1v) is 15.3. The molecular weight excluding hydrogens is 488 g/mol. The molecule has 2 aromatic carbocycles. The van der Waals surface area contributed by atoms with E-state index in [1.165, 1.54) is 11.1 Å². The van der Waals surface area contributed by atoms with Crippen molar-refractivity contribution in [2.24, 2.45) is 5.73 Å². The van der Waals surface area contributed by atoms with Gasteiger partial charge in [0.05, 0.1) is 24.4 Å². The van der Waals surface area contributed by atoms with E-state index in [0.29, 0.717) is 18.9 Å². The second kappa shape index (κ2) is 12.2. The standard InChI is InChI=1S/C29H42N2O5S/c1-19-6-9-21(27-26(34)25(33)24(32)18-37(27)2)17-22(19)16-20-7-10-23(11-8-20)36-15-5-14-31-29(28(30)35)12-3-4-13-29/h6-11,17,24-27,31-34,37H,3-5,12-16,18H2,1-2H3,(H2,30,35)/t24-,25-,26-,27?/m1/s1. The van der Waals surface area contributed by atoms with Crippen molar-refractivity contribution in [2.75, 3.05) is 25.2 Å². The molecule has 0 aromatic heterocycles. The van der Waals surface area contributed by atoms with Crippen LogP contribution in [0.1, 0.15) is 59.6 Å². The number of amides is 1. The van der Waals surface area contributed by atoms with Crippen molar-refractivity contribution in [3.63, 3.8) is 0 Å². The summed E-state index contributed by atoms with van der Waals surface area (Å²) in [5.41, 5.74) is 9.64. The minimum atomic E-state index is -1.11. The summed E-state index contributed by atoms with van der Waals surface area (Å²) in [7, 11) is -0.644. The van der Waals surface area contributed by atoms with Crippen LogP contribution >= 0.6 is 10.9 Å². The first-order valence-electron chi connectivity index (χ1n) is 13.3. The van der Waals surface area contributed by atoms with E-state index in [-0.39, 0.29) is 11.2 Å². The zero-order chi connectivity index (χ0) is 26.6. The van der Waals surface area contributed by atoms with Crippen molar-refractivity contribution in [3.8, 4) is 5.75 Å². The maximum atomic E-state index is 11.8. The van der Waals surface area contributed by atoms with Crippen LogP contribution in [0.4, 0.5) is 0 Å². The minimum absolute atomic E-state index is 0.149. The molecule has 1 saturated carbocycles. The number of carbonyl (C=O) groups excluding carboxylic acids is 1. The number of aliphatic hydroxyl groups excluding tert-OH is 3. The van der Waals surface area contributed by atoms with Crippen molar-refractivity contribution < 1.29 is 24.9 Å². The van der Waals surface area contributed by atoms with Gasteiger partial charge < -0.3 is 31.1 Å². The maximum Gasteiger partial charge on any atom is 0.237 e. The minimum Gasteiger partial charge on any atom is -0.494 e. The van der Waals surface area contributed by atoms with Crippen LogP contribution in [0.2, 0.25) is 0 Å². The molecule has 5 atom stereocenters. The first-order chi connectivity index (χ1) is 17.7. The number of aliphatic hydroxyl groups is 3. The Hall–Kier alpha value is -2.10. The second-order valence-corrected chi connectivity index (χ2v) is 13.2. The Morgan fingerprint density at radius 2 is 1.81 bits per heavy atom. The lowest BCUT2D eigenvalue weighted by molar-refractivity contribution is -0.124. The monoisotopic (exact) mass is 530 g/mol. The Morgan fingerprint density at radius 3 is 2.49 bits per heavy atom. The summed E-state index contributed by atoms with van der Waals surface area (Å²) in [6.07, 6.45) is 4.43. The summed E-state index contributed by atoms with van der Waals surface area (Å²) in [5, 5.41) is 34.2.